The fourth-order valence-corrected chi connectivity index (χ4v) is 1.61. The number of carboxylic acid groups (broad SMARTS) is 1. The predicted molar refractivity (Wildman–Crippen MR) is 64.2 cm³/mol. The second kappa shape index (κ2) is 7.17. The lowest BCUT2D eigenvalue weighted by atomic mass is 10.3. The normalized spacial score (nSPS) is 12.8. The number of nitrogens with one attached hydrogen (secondary N) is 1. The Bertz CT molecular complexity index is 394. The van der Waals surface area contributed by atoms with E-state index in [0.29, 0.717) is 0 Å². The molecule has 0 aliphatic rings. The summed E-state index contributed by atoms with van der Waals surface area (Å²) in [6.45, 7) is -0.176. The third-order valence-electron chi connectivity index (χ3n) is 2.07. The van der Waals surface area contributed by atoms with Crippen LogP contribution in [0.2, 0.25) is 0 Å². The number of carboxylic acids is 1. The van der Waals surface area contributed by atoms with E-state index < -0.39 is 27.9 Å². The molecule has 2 amide bonds. The molecule has 9 heteroatoms. The molecule has 0 radical (unpaired) electrons. The molecule has 0 fully saturated rings. The highest BCUT2D eigenvalue weighted by Gasteiger charge is 2.21. The van der Waals surface area contributed by atoms with Crippen molar-refractivity contribution in [2.45, 2.75) is 6.04 Å². The fourth-order valence-electron chi connectivity index (χ4n) is 1.00. The summed E-state index contributed by atoms with van der Waals surface area (Å²) < 4.78 is 26.5. The maximum Gasteiger partial charge on any atom is 0.328 e. The van der Waals surface area contributed by atoms with Crippen LogP contribution in [0, 0.1) is 0 Å². The third-order valence-corrected chi connectivity index (χ3v) is 3.00. The molecule has 0 saturated heterocycles. The quantitative estimate of drug-likeness (QED) is 0.604. The molecular weight excluding hydrogens is 264 g/mol. The zero-order valence-corrected chi connectivity index (χ0v) is 11.4. The summed E-state index contributed by atoms with van der Waals surface area (Å²) in [5.74, 6) is -1.40. The highest BCUT2D eigenvalue weighted by molar-refractivity contribution is 7.90. The summed E-state index contributed by atoms with van der Waals surface area (Å²) in [5, 5.41) is 11.0. The Hall–Kier alpha value is -1.35. The number of aliphatic carboxylic acids is 1. The van der Waals surface area contributed by atoms with Crippen LogP contribution >= 0.6 is 0 Å². The molecule has 0 aromatic carbocycles. The average molecular weight is 282 g/mol. The Morgan fingerprint density at radius 2 is 2.00 bits per heavy atom. The number of sulfone groups is 1. The minimum atomic E-state index is -3.17. The van der Waals surface area contributed by atoms with Gasteiger partial charge in [0.15, 0.2) is 6.04 Å². The van der Waals surface area contributed by atoms with E-state index in [1.807, 2.05) is 0 Å². The summed E-state index contributed by atoms with van der Waals surface area (Å²) in [7, 11) is -0.474. The summed E-state index contributed by atoms with van der Waals surface area (Å²) in [5.41, 5.74) is 0. The summed E-state index contributed by atoms with van der Waals surface area (Å²) >= 11 is 0. The molecule has 1 atom stereocenters. The smallest absolute Gasteiger partial charge is 0.328 e. The van der Waals surface area contributed by atoms with Gasteiger partial charge in [0, 0.05) is 27.0 Å². The number of rotatable bonds is 7. The Labute approximate surface area is 106 Å². The van der Waals surface area contributed by atoms with Gasteiger partial charge in [-0.2, -0.15) is 0 Å². The zero-order valence-electron chi connectivity index (χ0n) is 10.5. The molecule has 0 heterocycles. The van der Waals surface area contributed by atoms with Gasteiger partial charge in [-0.25, -0.2) is 18.0 Å². The van der Waals surface area contributed by atoms with E-state index in [0.717, 1.165) is 11.2 Å². The lowest BCUT2D eigenvalue weighted by Gasteiger charge is -2.20. The van der Waals surface area contributed by atoms with Gasteiger partial charge < -0.3 is 20.1 Å². The summed E-state index contributed by atoms with van der Waals surface area (Å²) in [6, 6.07) is -1.83. The topological polar surface area (TPSA) is 113 Å². The predicted octanol–water partition coefficient (Wildman–Crippen LogP) is -1.23. The summed E-state index contributed by atoms with van der Waals surface area (Å²) in [6.07, 6.45) is 1.06. The number of urea groups is 1. The molecule has 0 saturated carbocycles. The molecule has 0 rings (SSSR count). The average Bonchev–Trinajstić information content (AvgIpc) is 2.23. The fraction of sp³-hybridized carbons (Fsp3) is 0.778. The van der Waals surface area contributed by atoms with E-state index in [1.54, 1.807) is 0 Å². The van der Waals surface area contributed by atoms with E-state index in [9.17, 15) is 18.0 Å². The van der Waals surface area contributed by atoms with Crippen LogP contribution in [0.4, 0.5) is 4.79 Å². The first-order valence-corrected chi connectivity index (χ1v) is 7.14. The third kappa shape index (κ3) is 7.07. The first-order valence-electron chi connectivity index (χ1n) is 5.08. The zero-order chi connectivity index (χ0) is 14.3. The van der Waals surface area contributed by atoms with Crippen LogP contribution in [0.25, 0.3) is 0 Å². The minimum Gasteiger partial charge on any atom is -0.480 e. The van der Waals surface area contributed by atoms with Crippen molar-refractivity contribution < 1.29 is 27.9 Å². The largest absolute Gasteiger partial charge is 0.480 e. The first-order chi connectivity index (χ1) is 8.17. The number of nitrogens with zero attached hydrogens (tertiary/aromatic N) is 1. The van der Waals surface area contributed by atoms with Gasteiger partial charge >= 0.3 is 12.0 Å². The van der Waals surface area contributed by atoms with Crippen molar-refractivity contribution in [3.8, 4) is 0 Å². The van der Waals surface area contributed by atoms with E-state index >= 15 is 0 Å². The van der Waals surface area contributed by atoms with Crippen LogP contribution in [0.3, 0.4) is 0 Å². The Balaban J connectivity index is 4.33. The van der Waals surface area contributed by atoms with Crippen molar-refractivity contribution in [1.82, 2.24) is 10.2 Å². The molecule has 0 aliphatic carbocycles. The number of ether oxygens (including phenoxy) is 1. The standard InChI is InChI=1S/C9H18N2O6S/c1-11(4-5-18(3,15)16)9(14)10-7(6-17-2)8(12)13/h7H,4-6H2,1-3H3,(H,10,14)(H,12,13). The second-order valence-corrected chi connectivity index (χ2v) is 6.11. The van der Waals surface area contributed by atoms with Crippen molar-refractivity contribution >= 4 is 21.8 Å². The molecule has 1 unspecified atom stereocenters. The van der Waals surface area contributed by atoms with Crippen molar-refractivity contribution in [3.05, 3.63) is 0 Å². The van der Waals surface area contributed by atoms with Crippen LogP contribution in [-0.4, -0.2) is 75.8 Å². The molecule has 106 valence electrons. The van der Waals surface area contributed by atoms with E-state index in [-0.39, 0.29) is 18.9 Å². The Morgan fingerprint density at radius 1 is 1.44 bits per heavy atom. The number of carbonyl (C=O) groups excluding carboxylic acids is 1. The van der Waals surface area contributed by atoms with Crippen LogP contribution in [0.15, 0.2) is 0 Å². The maximum atomic E-state index is 11.6. The Kier molecular flexibility index (Phi) is 6.63. The number of hydrogen-bond acceptors (Lipinski definition) is 5. The number of carbonyl (C=O) groups is 2. The molecule has 2 N–H and O–H groups in total. The van der Waals surface area contributed by atoms with Gasteiger partial charge in [0.2, 0.25) is 0 Å². The lowest BCUT2D eigenvalue weighted by molar-refractivity contribution is -0.140. The second-order valence-electron chi connectivity index (χ2n) is 3.85. The highest BCUT2D eigenvalue weighted by Crippen LogP contribution is 1.92. The molecule has 18 heavy (non-hydrogen) atoms. The molecule has 0 bridgehead atoms. The van der Waals surface area contributed by atoms with E-state index in [1.165, 1.54) is 14.2 Å². The van der Waals surface area contributed by atoms with Crippen LogP contribution in [-0.2, 0) is 19.4 Å². The Morgan fingerprint density at radius 3 is 2.39 bits per heavy atom. The molecule has 0 aliphatic heterocycles. The molecular formula is C9H18N2O6S. The lowest BCUT2D eigenvalue weighted by Crippen LogP contribution is -2.49. The van der Waals surface area contributed by atoms with Crippen LogP contribution < -0.4 is 5.32 Å². The van der Waals surface area contributed by atoms with E-state index in [4.69, 9.17) is 5.11 Å². The monoisotopic (exact) mass is 282 g/mol. The van der Waals surface area contributed by atoms with Crippen molar-refractivity contribution in [2.24, 2.45) is 0 Å². The van der Waals surface area contributed by atoms with Crippen LogP contribution in [0.1, 0.15) is 0 Å². The SMILES string of the molecule is COCC(NC(=O)N(C)CCS(C)(=O)=O)C(=O)O. The number of methoxy groups -OCH3 is 1. The van der Waals surface area contributed by atoms with Gasteiger partial charge in [0.25, 0.3) is 0 Å². The minimum absolute atomic E-state index is 0.00993. The molecule has 0 spiro atoms. The van der Waals surface area contributed by atoms with E-state index in [2.05, 4.69) is 10.1 Å². The van der Waals surface area contributed by atoms with Crippen molar-refractivity contribution in [3.63, 3.8) is 0 Å². The number of hydrogen-bond donors (Lipinski definition) is 2. The van der Waals surface area contributed by atoms with Gasteiger partial charge in [-0.1, -0.05) is 0 Å². The maximum absolute atomic E-state index is 11.6. The van der Waals surface area contributed by atoms with Gasteiger partial charge in [-0.15, -0.1) is 0 Å². The molecule has 0 aromatic heterocycles. The number of amides is 2. The van der Waals surface area contributed by atoms with Gasteiger partial charge in [-0.3, -0.25) is 0 Å². The van der Waals surface area contributed by atoms with Gasteiger partial charge in [0.1, 0.15) is 9.84 Å². The van der Waals surface area contributed by atoms with Gasteiger partial charge in [-0.05, 0) is 0 Å². The molecule has 0 aromatic rings. The molecule has 8 nitrogen and oxygen atoms in total. The van der Waals surface area contributed by atoms with Gasteiger partial charge in [0.05, 0.1) is 12.4 Å². The first kappa shape index (κ1) is 16.6. The van der Waals surface area contributed by atoms with Crippen molar-refractivity contribution in [1.29, 1.82) is 0 Å². The highest BCUT2D eigenvalue weighted by atomic mass is 32.2. The van der Waals surface area contributed by atoms with Crippen LogP contribution in [0.5, 0.6) is 0 Å². The van der Waals surface area contributed by atoms with Crippen molar-refractivity contribution in [2.75, 3.05) is 39.3 Å². The summed E-state index contributed by atoms with van der Waals surface area (Å²) in [4.78, 5) is 23.4.